The van der Waals surface area contributed by atoms with Crippen LogP contribution in [-0.4, -0.2) is 72.0 Å². The zero-order valence-corrected chi connectivity index (χ0v) is 23.3. The van der Waals surface area contributed by atoms with E-state index in [1.807, 2.05) is 12.1 Å². The molecule has 2 aromatic heterocycles. The van der Waals surface area contributed by atoms with Crippen molar-refractivity contribution in [2.75, 3.05) is 60.2 Å². The number of hydrogen-bond acceptors (Lipinski definition) is 10. The molecular weight excluding hydrogens is 520 g/mol. The summed E-state index contributed by atoms with van der Waals surface area (Å²) in [5.41, 5.74) is 20.7. The zero-order valence-electron chi connectivity index (χ0n) is 23.3. The van der Waals surface area contributed by atoms with Crippen molar-refractivity contribution >= 4 is 46.2 Å². The average Bonchev–Trinajstić information content (AvgIpc) is 2.95. The highest BCUT2D eigenvalue weighted by atomic mass is 16.2. The second-order valence-corrected chi connectivity index (χ2v) is 10.8. The van der Waals surface area contributed by atoms with Gasteiger partial charge < -0.3 is 43.0 Å². The van der Waals surface area contributed by atoms with Crippen LogP contribution in [0.2, 0.25) is 0 Å². The van der Waals surface area contributed by atoms with Gasteiger partial charge in [-0.3, -0.25) is 9.59 Å². The lowest BCUT2D eigenvalue weighted by atomic mass is 10.0. The standard InChI is InChI=1S/C29H38N10O2/c1-38-10-6-20(7-11-38)37-29(41)22-4-3-21(14-24(22)31)36-26-15-25(23(17-33-26)28(32)40)35-19-8-12-39(13-9-19)27-5-2-18(30)16-34-27/h2-5,14-17,19-20H,6-13,30-31H2,1H3,(H2,32,40)(H,37,41)(H2,33,35,36). The minimum atomic E-state index is -0.556. The molecule has 216 valence electrons. The molecule has 12 heteroatoms. The van der Waals surface area contributed by atoms with Crippen LogP contribution in [0.4, 0.5) is 34.4 Å². The number of nitrogens with zero attached hydrogens (tertiary/aromatic N) is 4. The fraction of sp³-hybridized carbons (Fsp3) is 0.379. The van der Waals surface area contributed by atoms with Crippen molar-refractivity contribution in [3.05, 3.63) is 59.9 Å². The van der Waals surface area contributed by atoms with Crippen LogP contribution < -0.4 is 38.1 Å². The predicted molar refractivity (Wildman–Crippen MR) is 162 cm³/mol. The lowest BCUT2D eigenvalue weighted by molar-refractivity contribution is 0.0917. The Morgan fingerprint density at radius 2 is 1.61 bits per heavy atom. The zero-order chi connectivity index (χ0) is 28.9. The van der Waals surface area contributed by atoms with Gasteiger partial charge in [0.2, 0.25) is 0 Å². The molecule has 0 aliphatic carbocycles. The summed E-state index contributed by atoms with van der Waals surface area (Å²) in [4.78, 5) is 38.2. The normalized spacial score (nSPS) is 16.8. The quantitative estimate of drug-likeness (QED) is 0.225. The molecule has 4 heterocycles. The molecule has 0 saturated carbocycles. The summed E-state index contributed by atoms with van der Waals surface area (Å²) < 4.78 is 0. The summed E-state index contributed by atoms with van der Waals surface area (Å²) in [6.45, 7) is 3.55. The van der Waals surface area contributed by atoms with E-state index in [0.717, 1.165) is 57.7 Å². The van der Waals surface area contributed by atoms with Gasteiger partial charge in [-0.15, -0.1) is 0 Å². The van der Waals surface area contributed by atoms with Gasteiger partial charge >= 0.3 is 0 Å². The van der Waals surface area contributed by atoms with Gasteiger partial charge in [0.15, 0.2) is 0 Å². The largest absolute Gasteiger partial charge is 0.398 e. The average molecular weight is 559 g/mol. The van der Waals surface area contributed by atoms with Gasteiger partial charge in [-0.25, -0.2) is 9.97 Å². The molecule has 1 aromatic carbocycles. The summed E-state index contributed by atoms with van der Waals surface area (Å²) in [6, 6.07) is 11.1. The first-order chi connectivity index (χ1) is 19.7. The highest BCUT2D eigenvalue weighted by Gasteiger charge is 2.23. The number of carbonyl (C=O) groups is 2. The SMILES string of the molecule is CN1CCC(NC(=O)c2ccc(Nc3cc(NC4CCN(c5ccc(N)cn5)CC4)c(C(N)=O)cn3)cc2N)CC1. The second-order valence-electron chi connectivity index (χ2n) is 10.8. The van der Waals surface area contributed by atoms with E-state index in [9.17, 15) is 9.59 Å². The number of benzene rings is 1. The lowest BCUT2D eigenvalue weighted by Gasteiger charge is -2.34. The molecule has 12 nitrogen and oxygen atoms in total. The lowest BCUT2D eigenvalue weighted by Crippen LogP contribution is -2.43. The molecule has 2 fully saturated rings. The van der Waals surface area contributed by atoms with Gasteiger partial charge in [0.25, 0.3) is 11.8 Å². The van der Waals surface area contributed by atoms with E-state index in [1.165, 1.54) is 6.20 Å². The molecule has 3 aromatic rings. The van der Waals surface area contributed by atoms with Gasteiger partial charge in [0, 0.05) is 48.8 Å². The number of pyridine rings is 2. The van der Waals surface area contributed by atoms with Crippen molar-refractivity contribution in [2.45, 2.75) is 37.8 Å². The minimum absolute atomic E-state index is 0.145. The molecule has 2 saturated heterocycles. The van der Waals surface area contributed by atoms with Crippen LogP contribution in [0.15, 0.2) is 48.8 Å². The number of piperidine rings is 2. The van der Waals surface area contributed by atoms with E-state index in [4.69, 9.17) is 17.2 Å². The van der Waals surface area contributed by atoms with E-state index in [2.05, 4.69) is 42.8 Å². The number of rotatable bonds is 8. The molecule has 2 aliphatic rings. The monoisotopic (exact) mass is 558 g/mol. The van der Waals surface area contributed by atoms with E-state index in [-0.39, 0.29) is 18.0 Å². The molecule has 0 unspecified atom stereocenters. The number of nitrogens with two attached hydrogens (primary N) is 3. The Morgan fingerprint density at radius 1 is 0.878 bits per heavy atom. The van der Waals surface area contributed by atoms with Gasteiger partial charge in [-0.1, -0.05) is 0 Å². The third-order valence-corrected chi connectivity index (χ3v) is 7.74. The van der Waals surface area contributed by atoms with Crippen molar-refractivity contribution in [3.8, 4) is 0 Å². The van der Waals surface area contributed by atoms with E-state index in [0.29, 0.717) is 39.7 Å². The van der Waals surface area contributed by atoms with E-state index < -0.39 is 5.91 Å². The highest BCUT2D eigenvalue weighted by Crippen LogP contribution is 2.27. The number of nitrogens with one attached hydrogen (secondary N) is 3. The fourth-order valence-electron chi connectivity index (χ4n) is 5.31. The number of anilines is 6. The first-order valence-electron chi connectivity index (χ1n) is 13.9. The molecule has 0 spiro atoms. The first kappa shape index (κ1) is 28.0. The number of amides is 2. The molecule has 2 amide bonds. The maximum Gasteiger partial charge on any atom is 0.253 e. The Bertz CT molecular complexity index is 1380. The van der Waals surface area contributed by atoms with Crippen molar-refractivity contribution in [1.82, 2.24) is 20.2 Å². The summed E-state index contributed by atoms with van der Waals surface area (Å²) >= 11 is 0. The van der Waals surface area contributed by atoms with Gasteiger partial charge in [-0.2, -0.15) is 0 Å². The minimum Gasteiger partial charge on any atom is -0.398 e. The van der Waals surface area contributed by atoms with Crippen LogP contribution in [0, 0.1) is 0 Å². The van der Waals surface area contributed by atoms with Gasteiger partial charge in [0.1, 0.15) is 11.6 Å². The Labute approximate surface area is 239 Å². The number of nitrogen functional groups attached to an aromatic ring is 2. The van der Waals surface area contributed by atoms with Crippen molar-refractivity contribution in [2.24, 2.45) is 5.73 Å². The number of hydrogen-bond donors (Lipinski definition) is 6. The second kappa shape index (κ2) is 12.3. The third-order valence-electron chi connectivity index (χ3n) is 7.74. The van der Waals surface area contributed by atoms with Gasteiger partial charge in [0.05, 0.1) is 28.7 Å². The number of likely N-dealkylation sites (tertiary alicyclic amines) is 1. The summed E-state index contributed by atoms with van der Waals surface area (Å²) in [5, 5.41) is 9.81. The highest BCUT2D eigenvalue weighted by molar-refractivity contribution is 6.00. The van der Waals surface area contributed by atoms with Crippen molar-refractivity contribution in [3.63, 3.8) is 0 Å². The van der Waals surface area contributed by atoms with E-state index >= 15 is 0 Å². The number of aromatic nitrogens is 2. The van der Waals surface area contributed by atoms with Crippen LogP contribution in [0.25, 0.3) is 0 Å². The number of primary amides is 1. The molecule has 2 aliphatic heterocycles. The fourth-order valence-corrected chi connectivity index (χ4v) is 5.31. The summed E-state index contributed by atoms with van der Waals surface area (Å²) in [6.07, 6.45) is 6.68. The Balaban J connectivity index is 1.22. The molecule has 9 N–H and O–H groups in total. The molecule has 0 radical (unpaired) electrons. The van der Waals surface area contributed by atoms with Crippen molar-refractivity contribution in [1.29, 1.82) is 0 Å². The smallest absolute Gasteiger partial charge is 0.253 e. The Kier molecular flexibility index (Phi) is 8.39. The summed E-state index contributed by atoms with van der Waals surface area (Å²) in [7, 11) is 2.09. The predicted octanol–water partition coefficient (Wildman–Crippen LogP) is 2.39. The Hall–Kier alpha value is -4.58. The maximum absolute atomic E-state index is 12.8. The van der Waals surface area contributed by atoms with Crippen LogP contribution in [0.1, 0.15) is 46.4 Å². The van der Waals surface area contributed by atoms with Crippen molar-refractivity contribution < 1.29 is 9.59 Å². The number of carbonyl (C=O) groups excluding carboxylic acids is 2. The van der Waals surface area contributed by atoms with E-state index in [1.54, 1.807) is 30.5 Å². The van der Waals surface area contributed by atoms with Crippen LogP contribution in [-0.2, 0) is 0 Å². The topological polar surface area (TPSA) is 181 Å². The Morgan fingerprint density at radius 3 is 2.27 bits per heavy atom. The molecular formula is C29H38N10O2. The van der Waals surface area contributed by atoms with Crippen LogP contribution >= 0.6 is 0 Å². The molecule has 0 bridgehead atoms. The molecule has 0 atom stereocenters. The first-order valence-corrected chi connectivity index (χ1v) is 13.9. The molecule has 5 rings (SSSR count). The molecule has 41 heavy (non-hydrogen) atoms. The third kappa shape index (κ3) is 6.95. The summed E-state index contributed by atoms with van der Waals surface area (Å²) in [5.74, 6) is 0.691. The van der Waals surface area contributed by atoms with Gasteiger partial charge in [-0.05, 0) is 76.2 Å². The maximum atomic E-state index is 12.8. The van der Waals surface area contributed by atoms with Crippen LogP contribution in [0.3, 0.4) is 0 Å². The van der Waals surface area contributed by atoms with Crippen LogP contribution in [0.5, 0.6) is 0 Å².